The Bertz CT molecular complexity index is 364. The molecule has 0 fully saturated rings. The van der Waals surface area contributed by atoms with Gasteiger partial charge in [0.25, 0.3) is 5.76 Å². The van der Waals surface area contributed by atoms with Crippen LogP contribution < -0.4 is 0 Å². The van der Waals surface area contributed by atoms with E-state index in [0.29, 0.717) is 43.2 Å². The van der Waals surface area contributed by atoms with Crippen molar-refractivity contribution in [3.8, 4) is 0 Å². The maximum atomic E-state index is 14.5. The summed E-state index contributed by atoms with van der Waals surface area (Å²) in [5, 5.41) is -0.292. The third-order valence-corrected chi connectivity index (χ3v) is 37.8. The van der Waals surface area contributed by atoms with Crippen LogP contribution in [0.15, 0.2) is 0 Å². The van der Waals surface area contributed by atoms with Crippen molar-refractivity contribution in [2.24, 2.45) is 0 Å². The molecule has 0 aromatic carbocycles. The molecule has 138 valence electrons. The van der Waals surface area contributed by atoms with Gasteiger partial charge in [-0.05, 0) is 14.2 Å². The van der Waals surface area contributed by atoms with Crippen molar-refractivity contribution in [2.75, 3.05) is 15.9 Å². The van der Waals surface area contributed by atoms with E-state index >= 15 is 0 Å². The minimum absolute atomic E-state index is 0.0109. The van der Waals surface area contributed by atoms with Crippen molar-refractivity contribution in [1.82, 2.24) is 0 Å². The Kier molecular flexibility index (Phi) is 11.3. The molecule has 0 N–H and O–H groups in total. The SMILES string of the molecule is FCSS(SCCl)(SCBr)(SC(Cl)Cl)(SC(Cl)(Cl)Cl)C(F)F. The molecule has 0 heterocycles. The van der Waals surface area contributed by atoms with E-state index in [4.69, 9.17) is 69.6 Å². The number of alkyl halides is 10. The summed E-state index contributed by atoms with van der Waals surface area (Å²) in [7, 11) is 2.53. The standard InChI is InChI=1S/C6H8BrCl6F3S6/c7-1-17-22(5(15)16,18-2-8,19-3-14,20-4(9)10)21-6(11,12)13/h4-5H,1-3H2. The van der Waals surface area contributed by atoms with Crippen LogP contribution in [0.2, 0.25) is 0 Å². The summed E-state index contributed by atoms with van der Waals surface area (Å²) in [4.78, 5) is 0. The molecule has 22 heavy (non-hydrogen) atoms. The van der Waals surface area contributed by atoms with E-state index < -0.39 is 22.5 Å². The van der Waals surface area contributed by atoms with Crippen molar-refractivity contribution in [1.29, 1.82) is 0 Å². The lowest BCUT2D eigenvalue weighted by molar-refractivity contribution is 0.250. The molecule has 0 aromatic heterocycles. The lowest BCUT2D eigenvalue weighted by atomic mass is 11.7. The summed E-state index contributed by atoms with van der Waals surface area (Å²) >= 11 is 37.8. The second-order valence-electron chi connectivity index (χ2n) is 2.99. The monoisotopic (exact) mass is 618 g/mol. The smallest absolute Gasteiger partial charge is 0.238 e. The quantitative estimate of drug-likeness (QED) is 0.175. The summed E-state index contributed by atoms with van der Waals surface area (Å²) in [6, 6.07) is -1.16. The van der Waals surface area contributed by atoms with E-state index in [1.807, 2.05) is 0 Å². The number of hydrogen-bond acceptors (Lipinski definition) is 5. The van der Waals surface area contributed by atoms with Crippen LogP contribution in [0.25, 0.3) is 0 Å². The van der Waals surface area contributed by atoms with Crippen LogP contribution in [0.1, 0.15) is 0 Å². The topological polar surface area (TPSA) is 0 Å². The van der Waals surface area contributed by atoms with Crippen molar-refractivity contribution >= 4 is 143 Å². The summed E-state index contributed by atoms with van der Waals surface area (Å²) in [5.41, 5.74) is 0. The predicted molar refractivity (Wildman–Crippen MR) is 118 cm³/mol. The maximum absolute atomic E-state index is 14.5. The predicted octanol–water partition coefficient (Wildman–Crippen LogP) is 9.89. The largest absolute Gasteiger partial charge is 0.293 e. The maximum Gasteiger partial charge on any atom is 0.293 e. The Morgan fingerprint density at radius 2 is 1.64 bits per heavy atom. The van der Waals surface area contributed by atoms with Crippen molar-refractivity contribution in [3.63, 3.8) is 0 Å². The fourth-order valence-corrected chi connectivity index (χ4v) is 54.5. The van der Waals surface area contributed by atoms with Gasteiger partial charge < -0.3 is 0 Å². The normalized spacial score (nSPS) is 16.9. The van der Waals surface area contributed by atoms with Gasteiger partial charge >= 0.3 is 0 Å². The van der Waals surface area contributed by atoms with Crippen LogP contribution in [0, 0.1) is 0 Å². The van der Waals surface area contributed by atoms with Gasteiger partial charge in [0.05, 0.1) is 9.87 Å². The number of halogens is 10. The first-order valence-corrected chi connectivity index (χ1v) is 18.0. The van der Waals surface area contributed by atoms with Crippen LogP contribution >= 0.6 is 143 Å². The summed E-state index contributed by atoms with van der Waals surface area (Å²) in [6.07, 6.45) is 0. The van der Waals surface area contributed by atoms with Gasteiger partial charge in [0, 0.05) is 0 Å². The molecule has 0 aliphatic carbocycles. The zero-order chi connectivity index (χ0) is 17.7. The number of rotatable bonds is 10. The molecule has 0 nitrogen and oxygen atoms in total. The first kappa shape index (κ1) is 26.1. The minimum atomic E-state index is -5.09. The molecule has 0 spiro atoms. The Labute approximate surface area is 182 Å². The van der Waals surface area contributed by atoms with Crippen LogP contribution in [0.5, 0.6) is 0 Å². The van der Waals surface area contributed by atoms with E-state index in [1.165, 1.54) is 0 Å². The molecule has 0 amide bonds. The number of hydrogen-bond donors (Lipinski definition) is 0. The molecule has 0 radical (unpaired) electrons. The van der Waals surface area contributed by atoms with Crippen molar-refractivity contribution < 1.29 is 13.2 Å². The molecule has 0 saturated carbocycles. The van der Waals surface area contributed by atoms with Gasteiger partial charge in [-0.1, -0.05) is 117 Å². The zero-order valence-electron chi connectivity index (χ0n) is 10.0. The van der Waals surface area contributed by atoms with Gasteiger partial charge in [-0.2, -0.15) is 8.78 Å². The van der Waals surface area contributed by atoms with Gasteiger partial charge in [0.2, 0.25) is 3.12 Å². The lowest BCUT2D eigenvalue weighted by Crippen LogP contribution is -2.29. The second-order valence-corrected chi connectivity index (χ2v) is 37.5. The van der Waals surface area contributed by atoms with Crippen LogP contribution in [-0.2, 0) is 0 Å². The molecule has 0 aliphatic rings. The Hall–Kier alpha value is 4.11. The molecule has 16 heteroatoms. The lowest BCUT2D eigenvalue weighted by Gasteiger charge is -2.73. The van der Waals surface area contributed by atoms with Crippen LogP contribution in [0.4, 0.5) is 13.2 Å². The average molecular weight is 622 g/mol. The Morgan fingerprint density at radius 1 is 1.09 bits per heavy atom. The van der Waals surface area contributed by atoms with E-state index in [9.17, 15) is 13.2 Å². The van der Waals surface area contributed by atoms with Gasteiger partial charge in [-0.15, -0.1) is 11.6 Å². The molecule has 0 bridgehead atoms. The molecule has 0 aliphatic heterocycles. The fraction of sp³-hybridized carbons (Fsp3) is 1.00. The first-order chi connectivity index (χ1) is 9.87. The minimum Gasteiger partial charge on any atom is -0.238 e. The molecule has 0 saturated heterocycles. The van der Waals surface area contributed by atoms with Crippen LogP contribution in [0.3, 0.4) is 0 Å². The highest BCUT2D eigenvalue weighted by atomic mass is 79.9. The highest BCUT2D eigenvalue weighted by molar-refractivity contribution is 9.98. The summed E-state index contributed by atoms with van der Waals surface area (Å²) in [6.45, 7) is 0. The van der Waals surface area contributed by atoms with E-state index in [-0.39, 0.29) is 9.87 Å². The van der Waals surface area contributed by atoms with E-state index in [0.717, 1.165) is 10.8 Å². The van der Waals surface area contributed by atoms with Gasteiger partial charge in [0.15, 0.2) is 4.17 Å². The van der Waals surface area contributed by atoms with E-state index in [1.54, 1.807) is 0 Å². The fourth-order valence-electron chi connectivity index (χ4n) is 1.17. The highest BCUT2D eigenvalue weighted by Crippen LogP contribution is 3.25. The van der Waals surface area contributed by atoms with Crippen molar-refractivity contribution in [2.45, 2.75) is 13.1 Å². The van der Waals surface area contributed by atoms with Crippen molar-refractivity contribution in [3.05, 3.63) is 0 Å². The Morgan fingerprint density at radius 3 is 1.91 bits per heavy atom. The molecule has 0 unspecified atom stereocenters. The summed E-state index contributed by atoms with van der Waals surface area (Å²) in [5.74, 6) is -3.11. The van der Waals surface area contributed by atoms with Gasteiger partial charge in [0.1, 0.15) is 6.01 Å². The second kappa shape index (κ2) is 9.54. The zero-order valence-corrected chi connectivity index (χ0v) is 21.0. The van der Waals surface area contributed by atoms with Crippen LogP contribution in [-0.4, -0.2) is 28.9 Å². The summed E-state index contributed by atoms with van der Waals surface area (Å²) < 4.78 is 33.8. The molecule has 0 atom stereocenters. The molecular formula is C6H8BrCl6F3S6. The first-order valence-electron chi connectivity index (χ1n) is 4.62. The third-order valence-electron chi connectivity index (χ3n) is 1.84. The average Bonchev–Trinajstić information content (AvgIpc) is 2.26. The third kappa shape index (κ3) is 5.80. The van der Waals surface area contributed by atoms with Gasteiger partial charge in [-0.3, -0.25) is 0 Å². The van der Waals surface area contributed by atoms with E-state index in [2.05, 4.69) is 15.9 Å². The molecular weight excluding hydrogens is 614 g/mol. The molecule has 0 aromatic rings. The Balaban J connectivity index is 6.67. The molecule has 0 rings (SSSR count). The van der Waals surface area contributed by atoms with Gasteiger partial charge in [-0.25, -0.2) is 4.39 Å². The highest BCUT2D eigenvalue weighted by Gasteiger charge is 2.74.